The normalized spacial score (nSPS) is 10.8. The molecule has 106 valence electrons. The van der Waals surface area contributed by atoms with Gasteiger partial charge in [0.2, 0.25) is 0 Å². The maximum Gasteiger partial charge on any atom is 0.165 e. The molecule has 2 aromatic carbocycles. The van der Waals surface area contributed by atoms with Gasteiger partial charge in [0.25, 0.3) is 0 Å². The van der Waals surface area contributed by atoms with Crippen LogP contribution >= 0.6 is 11.3 Å². The molecule has 4 heteroatoms. The number of carbonyl (C=O) groups excluding carboxylic acids is 1. The summed E-state index contributed by atoms with van der Waals surface area (Å²) in [7, 11) is 0. The number of ether oxygens (including phenoxy) is 1. The first kappa shape index (κ1) is 13.8. The van der Waals surface area contributed by atoms with Gasteiger partial charge in [-0.25, -0.2) is 4.39 Å². The van der Waals surface area contributed by atoms with Crippen molar-refractivity contribution in [3.8, 4) is 5.75 Å². The molecule has 0 amide bonds. The van der Waals surface area contributed by atoms with Crippen LogP contribution in [0.4, 0.5) is 4.39 Å². The molecular formula is C17H13FO2S. The van der Waals surface area contributed by atoms with Crippen molar-refractivity contribution in [2.75, 3.05) is 0 Å². The molecule has 0 aliphatic carbocycles. The van der Waals surface area contributed by atoms with Crippen molar-refractivity contribution in [3.05, 3.63) is 64.8 Å². The summed E-state index contributed by atoms with van der Waals surface area (Å²) in [5, 5.41) is 3.15. The molecule has 0 aliphatic rings. The zero-order valence-electron chi connectivity index (χ0n) is 11.4. The van der Waals surface area contributed by atoms with Crippen LogP contribution in [0.15, 0.2) is 47.8 Å². The summed E-state index contributed by atoms with van der Waals surface area (Å²) in [5.74, 6) is -0.512. The van der Waals surface area contributed by atoms with Crippen LogP contribution in [0, 0.1) is 5.82 Å². The largest absolute Gasteiger partial charge is 0.486 e. The standard InChI is InChI=1S/C17H13FO2S/c1-11(19)12-6-7-16(15(18)8-12)20-9-13-10-21-17-5-3-2-4-14(13)17/h2-8,10H,9H2,1H3. The van der Waals surface area contributed by atoms with Gasteiger partial charge in [0, 0.05) is 15.8 Å². The Labute approximate surface area is 125 Å². The van der Waals surface area contributed by atoms with E-state index in [4.69, 9.17) is 4.74 Å². The average molecular weight is 300 g/mol. The Kier molecular flexibility index (Phi) is 3.71. The molecule has 0 fully saturated rings. The maximum atomic E-state index is 13.9. The molecule has 0 atom stereocenters. The molecule has 1 aromatic heterocycles. The van der Waals surface area contributed by atoms with Crippen molar-refractivity contribution < 1.29 is 13.9 Å². The van der Waals surface area contributed by atoms with E-state index in [9.17, 15) is 9.18 Å². The average Bonchev–Trinajstić information content (AvgIpc) is 2.89. The number of halogens is 1. The fourth-order valence-corrected chi connectivity index (χ4v) is 3.08. The Morgan fingerprint density at radius 2 is 2.05 bits per heavy atom. The van der Waals surface area contributed by atoms with Crippen LogP contribution in [-0.4, -0.2) is 5.78 Å². The Morgan fingerprint density at radius 3 is 2.81 bits per heavy atom. The van der Waals surface area contributed by atoms with Crippen LogP contribution in [0.5, 0.6) is 5.75 Å². The highest BCUT2D eigenvalue weighted by Crippen LogP contribution is 2.27. The molecular weight excluding hydrogens is 287 g/mol. The number of Topliss-reactive ketones (excluding diaryl/α,β-unsaturated/α-hetero) is 1. The lowest BCUT2D eigenvalue weighted by molar-refractivity contribution is 0.101. The van der Waals surface area contributed by atoms with Gasteiger partial charge in [0.15, 0.2) is 17.3 Å². The number of ketones is 1. The molecule has 0 N–H and O–H groups in total. The summed E-state index contributed by atoms with van der Waals surface area (Å²) < 4.78 is 20.6. The van der Waals surface area contributed by atoms with E-state index in [1.165, 1.54) is 23.8 Å². The zero-order valence-corrected chi connectivity index (χ0v) is 12.2. The highest BCUT2D eigenvalue weighted by atomic mass is 32.1. The maximum absolute atomic E-state index is 13.9. The Bertz CT molecular complexity index is 807. The summed E-state index contributed by atoms with van der Waals surface area (Å²) in [5.41, 5.74) is 1.38. The second-order valence-electron chi connectivity index (χ2n) is 4.75. The number of carbonyl (C=O) groups is 1. The third kappa shape index (κ3) is 2.81. The second-order valence-corrected chi connectivity index (χ2v) is 5.66. The first-order chi connectivity index (χ1) is 10.1. The lowest BCUT2D eigenvalue weighted by Crippen LogP contribution is -1.99. The minimum absolute atomic E-state index is 0.162. The van der Waals surface area contributed by atoms with Gasteiger partial charge in [-0.1, -0.05) is 18.2 Å². The minimum atomic E-state index is -0.512. The molecule has 1 heterocycles. The molecule has 3 rings (SSSR count). The number of hydrogen-bond acceptors (Lipinski definition) is 3. The van der Waals surface area contributed by atoms with Crippen LogP contribution in [-0.2, 0) is 6.61 Å². The molecule has 2 nitrogen and oxygen atoms in total. The zero-order chi connectivity index (χ0) is 14.8. The quantitative estimate of drug-likeness (QED) is 0.646. The fourth-order valence-electron chi connectivity index (χ4n) is 2.14. The van der Waals surface area contributed by atoms with Crippen molar-refractivity contribution in [2.24, 2.45) is 0 Å². The summed E-state index contributed by atoms with van der Waals surface area (Å²) in [6.45, 7) is 1.72. The topological polar surface area (TPSA) is 26.3 Å². The molecule has 21 heavy (non-hydrogen) atoms. The first-order valence-corrected chi connectivity index (χ1v) is 7.41. The van der Waals surface area contributed by atoms with Crippen molar-refractivity contribution >= 4 is 27.2 Å². The van der Waals surface area contributed by atoms with Crippen molar-refractivity contribution in [3.63, 3.8) is 0 Å². The van der Waals surface area contributed by atoms with Crippen molar-refractivity contribution in [2.45, 2.75) is 13.5 Å². The van der Waals surface area contributed by atoms with Crippen LogP contribution in [0.1, 0.15) is 22.8 Å². The van der Waals surface area contributed by atoms with E-state index >= 15 is 0 Å². The lowest BCUT2D eigenvalue weighted by atomic mass is 10.1. The van der Waals surface area contributed by atoms with Gasteiger partial charge in [-0.15, -0.1) is 11.3 Å². The predicted molar refractivity (Wildman–Crippen MR) is 82.6 cm³/mol. The lowest BCUT2D eigenvalue weighted by Gasteiger charge is -2.07. The SMILES string of the molecule is CC(=O)c1ccc(OCc2csc3ccccc23)c(F)c1. The van der Waals surface area contributed by atoms with E-state index in [2.05, 4.69) is 0 Å². The Morgan fingerprint density at radius 1 is 1.24 bits per heavy atom. The molecule has 0 spiro atoms. The van der Waals surface area contributed by atoms with Gasteiger partial charge in [-0.3, -0.25) is 4.79 Å². The summed E-state index contributed by atoms with van der Waals surface area (Å²) in [6, 6.07) is 12.3. The van der Waals surface area contributed by atoms with Crippen LogP contribution < -0.4 is 4.74 Å². The molecule has 0 saturated heterocycles. The van der Waals surface area contributed by atoms with E-state index in [0.29, 0.717) is 12.2 Å². The Hall–Kier alpha value is -2.20. The van der Waals surface area contributed by atoms with Crippen LogP contribution in [0.25, 0.3) is 10.1 Å². The van der Waals surface area contributed by atoms with Crippen molar-refractivity contribution in [1.29, 1.82) is 0 Å². The molecule has 0 saturated carbocycles. The van der Waals surface area contributed by atoms with E-state index < -0.39 is 5.82 Å². The summed E-state index contributed by atoms with van der Waals surface area (Å²) in [6.07, 6.45) is 0. The third-order valence-corrected chi connectivity index (χ3v) is 4.30. The van der Waals surface area contributed by atoms with E-state index in [1.54, 1.807) is 17.4 Å². The number of benzene rings is 2. The van der Waals surface area contributed by atoms with Gasteiger partial charge in [-0.2, -0.15) is 0 Å². The van der Waals surface area contributed by atoms with Gasteiger partial charge in [0.1, 0.15) is 6.61 Å². The highest BCUT2D eigenvalue weighted by Gasteiger charge is 2.09. The first-order valence-electron chi connectivity index (χ1n) is 6.53. The minimum Gasteiger partial charge on any atom is -0.486 e. The monoisotopic (exact) mass is 300 g/mol. The van der Waals surface area contributed by atoms with Crippen LogP contribution in [0.3, 0.4) is 0 Å². The number of rotatable bonds is 4. The summed E-state index contributed by atoms with van der Waals surface area (Å²) in [4.78, 5) is 11.2. The Balaban J connectivity index is 1.80. The van der Waals surface area contributed by atoms with Gasteiger partial charge >= 0.3 is 0 Å². The number of fused-ring (bicyclic) bond motifs is 1. The highest BCUT2D eigenvalue weighted by molar-refractivity contribution is 7.17. The van der Waals surface area contributed by atoms with E-state index in [0.717, 1.165) is 10.9 Å². The van der Waals surface area contributed by atoms with Gasteiger partial charge in [0.05, 0.1) is 0 Å². The van der Waals surface area contributed by atoms with Gasteiger partial charge in [-0.05, 0) is 42.0 Å². The van der Waals surface area contributed by atoms with Gasteiger partial charge < -0.3 is 4.74 Å². The molecule has 0 radical (unpaired) electrons. The predicted octanol–water partition coefficient (Wildman–Crippen LogP) is 4.82. The van der Waals surface area contributed by atoms with E-state index in [1.807, 2.05) is 29.6 Å². The molecule has 0 unspecified atom stereocenters. The second kappa shape index (κ2) is 5.66. The van der Waals surface area contributed by atoms with E-state index in [-0.39, 0.29) is 11.5 Å². The third-order valence-electron chi connectivity index (χ3n) is 3.28. The summed E-state index contributed by atoms with van der Waals surface area (Å²) >= 11 is 1.64. The van der Waals surface area contributed by atoms with Crippen molar-refractivity contribution in [1.82, 2.24) is 0 Å². The fraction of sp³-hybridized carbons (Fsp3) is 0.118. The number of hydrogen-bond donors (Lipinski definition) is 0. The molecule has 0 bridgehead atoms. The van der Waals surface area contributed by atoms with Crippen LogP contribution in [0.2, 0.25) is 0 Å². The smallest absolute Gasteiger partial charge is 0.165 e. The molecule has 3 aromatic rings. The molecule has 0 aliphatic heterocycles. The number of thiophene rings is 1.